The average Bonchev–Trinajstić information content (AvgIpc) is 2.91. The van der Waals surface area contributed by atoms with Crippen molar-refractivity contribution in [3.05, 3.63) is 0 Å². The van der Waals surface area contributed by atoms with Crippen LogP contribution in [0.15, 0.2) is 0 Å². The lowest BCUT2D eigenvalue weighted by molar-refractivity contribution is -0.216. The Kier molecular flexibility index (Phi) is 9.86. The van der Waals surface area contributed by atoms with Crippen LogP contribution in [0.2, 0.25) is 0 Å². The Labute approximate surface area is 146 Å². The van der Waals surface area contributed by atoms with E-state index in [1.807, 2.05) is 0 Å². The lowest BCUT2D eigenvalue weighted by Gasteiger charge is -2.24. The van der Waals surface area contributed by atoms with Crippen LogP contribution in [0.3, 0.4) is 0 Å². The topological polar surface area (TPSA) is 87.0 Å². The number of aliphatic hydroxyl groups is 2. The second-order valence-electron chi connectivity index (χ2n) is 7.31. The Morgan fingerprint density at radius 1 is 1.08 bits per heavy atom. The standard InChI is InChI=1S/C19H36O5/c1-3-4-5-6-7-10-15-12-13-17(20)16(15)11-8-9-14-19(23,24-2)18(21)22/h15-17,20,23H,3-14H2,1-2H3,(H,21,22)/t15-,16+,17-,19?/m0/s1. The second-order valence-corrected chi connectivity index (χ2v) is 7.31. The maximum atomic E-state index is 11.0. The highest BCUT2D eigenvalue weighted by molar-refractivity contribution is 5.75. The molecule has 1 aliphatic rings. The molecule has 1 aliphatic carbocycles. The van der Waals surface area contributed by atoms with Crippen molar-refractivity contribution in [2.75, 3.05) is 7.11 Å². The normalized spacial score (nSPS) is 26.4. The van der Waals surface area contributed by atoms with Crippen LogP contribution in [-0.2, 0) is 9.53 Å². The predicted molar refractivity (Wildman–Crippen MR) is 93.7 cm³/mol. The fourth-order valence-electron chi connectivity index (χ4n) is 3.96. The SMILES string of the molecule is CCCCCCC[C@H]1CC[C@H](O)[C@@H]1CCCCC(O)(OC)C(=O)O. The number of hydrogen-bond acceptors (Lipinski definition) is 4. The van der Waals surface area contributed by atoms with Crippen LogP contribution in [0, 0.1) is 11.8 Å². The van der Waals surface area contributed by atoms with Crippen molar-refractivity contribution < 1.29 is 24.9 Å². The van der Waals surface area contributed by atoms with Crippen molar-refractivity contribution in [3.63, 3.8) is 0 Å². The van der Waals surface area contributed by atoms with E-state index in [2.05, 4.69) is 6.92 Å². The quantitative estimate of drug-likeness (QED) is 0.350. The van der Waals surface area contributed by atoms with Gasteiger partial charge >= 0.3 is 5.97 Å². The zero-order chi connectivity index (χ0) is 18.0. The first kappa shape index (κ1) is 21.4. The Bertz CT molecular complexity index is 360. The van der Waals surface area contributed by atoms with E-state index in [9.17, 15) is 15.0 Å². The summed E-state index contributed by atoms with van der Waals surface area (Å²) in [5.74, 6) is -2.48. The molecule has 0 aliphatic heterocycles. The van der Waals surface area contributed by atoms with Gasteiger partial charge < -0.3 is 20.1 Å². The molecule has 0 heterocycles. The predicted octanol–water partition coefficient (Wildman–Crippen LogP) is 3.71. The lowest BCUT2D eigenvalue weighted by Crippen LogP contribution is -2.40. The fraction of sp³-hybridized carbons (Fsp3) is 0.947. The fourth-order valence-corrected chi connectivity index (χ4v) is 3.96. The van der Waals surface area contributed by atoms with Crippen molar-refractivity contribution in [3.8, 4) is 0 Å². The molecule has 142 valence electrons. The maximum absolute atomic E-state index is 11.0. The van der Waals surface area contributed by atoms with E-state index in [4.69, 9.17) is 9.84 Å². The number of carboxylic acid groups (broad SMARTS) is 1. The smallest absolute Gasteiger partial charge is 0.364 e. The van der Waals surface area contributed by atoms with Gasteiger partial charge in [-0.25, -0.2) is 4.79 Å². The van der Waals surface area contributed by atoms with Crippen LogP contribution in [0.4, 0.5) is 0 Å². The average molecular weight is 344 g/mol. The maximum Gasteiger partial charge on any atom is 0.364 e. The Morgan fingerprint density at radius 3 is 2.38 bits per heavy atom. The van der Waals surface area contributed by atoms with Crippen LogP contribution in [0.25, 0.3) is 0 Å². The van der Waals surface area contributed by atoms with Gasteiger partial charge in [0.15, 0.2) is 0 Å². The van der Waals surface area contributed by atoms with E-state index in [0.717, 1.165) is 25.7 Å². The van der Waals surface area contributed by atoms with Crippen LogP contribution >= 0.6 is 0 Å². The zero-order valence-electron chi connectivity index (χ0n) is 15.4. The van der Waals surface area contributed by atoms with Crippen LogP contribution in [0.5, 0.6) is 0 Å². The van der Waals surface area contributed by atoms with Crippen molar-refractivity contribution in [1.29, 1.82) is 0 Å². The minimum atomic E-state index is -2.08. The summed E-state index contributed by atoms with van der Waals surface area (Å²) in [6.45, 7) is 2.22. The van der Waals surface area contributed by atoms with E-state index in [0.29, 0.717) is 18.3 Å². The minimum Gasteiger partial charge on any atom is -0.477 e. The van der Waals surface area contributed by atoms with E-state index < -0.39 is 11.8 Å². The van der Waals surface area contributed by atoms with Crippen LogP contribution in [-0.4, -0.2) is 40.3 Å². The molecule has 0 amide bonds. The van der Waals surface area contributed by atoms with Gasteiger partial charge in [-0.15, -0.1) is 0 Å². The zero-order valence-corrected chi connectivity index (χ0v) is 15.4. The van der Waals surface area contributed by atoms with Gasteiger partial charge in [0.2, 0.25) is 0 Å². The van der Waals surface area contributed by atoms with E-state index in [1.54, 1.807) is 0 Å². The summed E-state index contributed by atoms with van der Waals surface area (Å²) in [5, 5.41) is 29.0. The van der Waals surface area contributed by atoms with Gasteiger partial charge in [0.05, 0.1) is 6.10 Å². The third-order valence-electron chi connectivity index (χ3n) is 5.59. The van der Waals surface area contributed by atoms with Gasteiger partial charge in [-0.3, -0.25) is 0 Å². The van der Waals surface area contributed by atoms with Gasteiger partial charge in [0.25, 0.3) is 5.79 Å². The van der Waals surface area contributed by atoms with Gasteiger partial charge in [-0.1, -0.05) is 51.9 Å². The molecule has 0 aromatic carbocycles. The Morgan fingerprint density at radius 2 is 1.75 bits per heavy atom. The van der Waals surface area contributed by atoms with Gasteiger partial charge in [0.1, 0.15) is 0 Å². The largest absolute Gasteiger partial charge is 0.477 e. The molecule has 24 heavy (non-hydrogen) atoms. The molecule has 0 spiro atoms. The third-order valence-corrected chi connectivity index (χ3v) is 5.59. The molecule has 0 aromatic heterocycles. The van der Waals surface area contributed by atoms with Crippen molar-refractivity contribution >= 4 is 5.97 Å². The number of aliphatic hydroxyl groups excluding tert-OH is 1. The summed E-state index contributed by atoms with van der Waals surface area (Å²) in [7, 11) is 1.21. The molecule has 1 saturated carbocycles. The number of methoxy groups -OCH3 is 1. The molecular formula is C19H36O5. The molecule has 1 unspecified atom stereocenters. The monoisotopic (exact) mass is 344 g/mol. The van der Waals surface area contributed by atoms with E-state index >= 15 is 0 Å². The number of aliphatic carboxylic acids is 1. The number of rotatable bonds is 13. The van der Waals surface area contributed by atoms with Crippen LogP contribution in [0.1, 0.15) is 84.0 Å². The summed E-state index contributed by atoms with van der Waals surface area (Å²) in [6, 6.07) is 0. The highest BCUT2D eigenvalue weighted by Gasteiger charge is 2.36. The molecule has 0 saturated heterocycles. The van der Waals surface area contributed by atoms with Crippen LogP contribution < -0.4 is 0 Å². The molecule has 1 rings (SSSR count). The number of unbranched alkanes of at least 4 members (excludes halogenated alkanes) is 5. The summed E-state index contributed by atoms with van der Waals surface area (Å²) in [4.78, 5) is 11.0. The summed E-state index contributed by atoms with van der Waals surface area (Å²) < 4.78 is 4.71. The summed E-state index contributed by atoms with van der Waals surface area (Å²) >= 11 is 0. The number of carboxylic acids is 1. The highest BCUT2D eigenvalue weighted by Crippen LogP contribution is 2.39. The van der Waals surface area contributed by atoms with Gasteiger partial charge in [-0.05, 0) is 37.5 Å². The summed E-state index contributed by atoms with van der Waals surface area (Å²) in [6.07, 6.45) is 11.8. The van der Waals surface area contributed by atoms with E-state index in [-0.39, 0.29) is 12.5 Å². The second kappa shape index (κ2) is 11.1. The Hall–Kier alpha value is -0.650. The van der Waals surface area contributed by atoms with Crippen molar-refractivity contribution in [2.24, 2.45) is 11.8 Å². The van der Waals surface area contributed by atoms with Gasteiger partial charge in [-0.2, -0.15) is 0 Å². The first-order valence-electron chi connectivity index (χ1n) is 9.63. The number of ether oxygens (including phenoxy) is 1. The molecule has 3 N–H and O–H groups in total. The molecule has 4 atom stereocenters. The van der Waals surface area contributed by atoms with Crippen molar-refractivity contribution in [1.82, 2.24) is 0 Å². The molecule has 1 fully saturated rings. The molecular weight excluding hydrogens is 308 g/mol. The molecule has 0 aromatic rings. The minimum absolute atomic E-state index is 0.0866. The Balaban J connectivity index is 2.29. The van der Waals surface area contributed by atoms with Crippen molar-refractivity contribution in [2.45, 2.75) is 95.9 Å². The number of carbonyl (C=O) groups is 1. The van der Waals surface area contributed by atoms with Gasteiger partial charge in [0, 0.05) is 13.5 Å². The third kappa shape index (κ3) is 6.69. The van der Waals surface area contributed by atoms with E-state index in [1.165, 1.54) is 45.6 Å². The lowest BCUT2D eigenvalue weighted by atomic mass is 9.85. The first-order valence-corrected chi connectivity index (χ1v) is 9.63. The number of hydrogen-bond donors (Lipinski definition) is 3. The molecule has 0 bridgehead atoms. The molecule has 5 nitrogen and oxygen atoms in total. The molecule has 5 heteroatoms. The first-order chi connectivity index (χ1) is 11.4. The molecule has 0 radical (unpaired) electrons. The highest BCUT2D eigenvalue weighted by atomic mass is 16.6. The summed E-state index contributed by atoms with van der Waals surface area (Å²) in [5.41, 5.74) is 0.